The molecule has 0 aliphatic carbocycles. The zero-order valence-corrected chi connectivity index (χ0v) is 69.5. The fraction of sp³-hybridized carbons (Fsp3) is 0. The first kappa shape index (κ1) is 64.9. The van der Waals surface area contributed by atoms with Gasteiger partial charge in [-0.3, -0.25) is 0 Å². The maximum atomic E-state index is 6.32. The summed E-state index contributed by atoms with van der Waals surface area (Å²) in [6.45, 7) is -4.29. The standard InChI is InChI=1S/H45NP44S/c2-24-36(23)44(41(30(11)12)31(13)14)38(45(42(32(15)16)33(17)18)43(34(19)20)35(21)22)25(1-46)37(39(26(3)4)27(5)6)40(28(7)8)29(9)10/h24H,2-23H2. The molecule has 0 aliphatic rings. The summed E-state index contributed by atoms with van der Waals surface area (Å²) in [5.41, 5.74) is 0. The molecule has 0 heterocycles. The summed E-state index contributed by atoms with van der Waals surface area (Å²) in [5, 5.41) is 0. The minimum atomic E-state index is -0.616. The second-order valence-electron chi connectivity index (χ2n) is 7.04. The topological polar surface area (TPSA) is 12.4 Å². The van der Waals surface area contributed by atoms with Crippen molar-refractivity contribution < 1.29 is 0 Å². The van der Waals surface area contributed by atoms with E-state index in [4.69, 9.17) is 16.6 Å². The first-order chi connectivity index (χ1) is 21.0. The van der Waals surface area contributed by atoms with Gasteiger partial charge in [-0.2, -0.15) is 4.13 Å². The number of nitrogens with zero attached hydrogens (tertiary/aromatic N) is 1. The molecule has 0 aliphatic heterocycles. The highest BCUT2D eigenvalue weighted by Crippen LogP contribution is 3.42. The predicted octanol–water partition coefficient (Wildman–Crippen LogP) is 26.0. The van der Waals surface area contributed by atoms with E-state index in [1.54, 1.807) is 0 Å². The van der Waals surface area contributed by atoms with Gasteiger partial charge in [0.25, 0.3) is 0 Å². The highest BCUT2D eigenvalue weighted by molar-refractivity contribution is 9.46. The second-order valence-corrected chi connectivity index (χ2v) is 185. The van der Waals surface area contributed by atoms with Gasteiger partial charge in [0.15, 0.2) is 0 Å². The van der Waals surface area contributed by atoms with Gasteiger partial charge in [0.1, 0.15) is 0 Å². The molecule has 0 aromatic rings. The molecule has 0 saturated carbocycles. The lowest BCUT2D eigenvalue weighted by molar-refractivity contribution is 2.10. The number of rotatable bonds is 22. The SMILES string of the molecule is PPP(P)P(P(P(P)P)P(P)P)P(P(N=S)P(P(P(P)P)P(P)P)P(P(P)P)P(P)P)P(P(P(P)P)P(P)P)P(P(P)P)P(P)P. The van der Waals surface area contributed by atoms with E-state index in [-0.39, 0.29) is 140 Å². The van der Waals surface area contributed by atoms with Crippen molar-refractivity contribution in [2.24, 2.45) is 4.13 Å². The van der Waals surface area contributed by atoms with Crippen LogP contribution >= 0.6 is 352 Å². The first-order valence-corrected chi connectivity index (χ1v) is 90.6. The Balaban J connectivity index is 8.79. The van der Waals surface area contributed by atoms with Crippen LogP contribution in [-0.4, -0.2) is 0 Å². The third-order valence-electron chi connectivity index (χ3n) is 3.90. The van der Waals surface area contributed by atoms with Crippen LogP contribution < -0.4 is 0 Å². The highest BCUT2D eigenvalue weighted by Gasteiger charge is 2.56. The van der Waals surface area contributed by atoms with Crippen molar-refractivity contribution in [2.75, 3.05) is 0 Å². The van der Waals surface area contributed by atoms with Crippen LogP contribution in [0.1, 0.15) is 0 Å². The lowest BCUT2D eigenvalue weighted by Crippen LogP contribution is -1.70. The Kier molecular flexibility index (Phi) is 50.8. The molecule has 0 fully saturated rings. The van der Waals surface area contributed by atoms with Crippen LogP contribution in [-0.2, 0) is 12.4 Å². The molecule has 0 bridgehead atoms. The molecule has 0 N–H and O–H groups in total. The van der Waals surface area contributed by atoms with Crippen molar-refractivity contribution in [3.05, 3.63) is 0 Å². The fourth-order valence-corrected chi connectivity index (χ4v) is 597. The Bertz CT molecular complexity index is 725. The molecule has 0 amide bonds. The summed E-state index contributed by atoms with van der Waals surface area (Å²) < 4.78 is 5.55. The number of hydrogen-bond acceptors (Lipinski definition) is 2. The lowest BCUT2D eigenvalue weighted by atomic mass is 13.9. The Morgan fingerprint density at radius 3 is 0.696 bits per heavy atom. The average molecular weight is 1450 g/mol. The molecule has 0 rings (SSSR count). The van der Waals surface area contributed by atoms with Crippen LogP contribution in [0.15, 0.2) is 4.13 Å². The van der Waals surface area contributed by atoms with Crippen LogP contribution in [0, 0.1) is 0 Å². The minimum absolute atomic E-state index is 0.146. The molecular formula is H45NP44S. The van der Waals surface area contributed by atoms with E-state index in [9.17, 15) is 0 Å². The summed E-state index contributed by atoms with van der Waals surface area (Å²) in [6, 6.07) is 0. The largest absolute Gasteiger partial charge is 0.185 e. The zero-order valence-electron chi connectivity index (χ0n) is 23.4. The Morgan fingerprint density at radius 1 is 0.304 bits per heavy atom. The summed E-state index contributed by atoms with van der Waals surface area (Å²) in [4.78, 5) is 0. The molecule has 0 spiro atoms. The molecular weight excluding hydrogens is 1410 g/mol. The van der Waals surface area contributed by atoms with Crippen molar-refractivity contribution in [3.8, 4) is 0 Å². The van der Waals surface area contributed by atoms with Crippen molar-refractivity contribution in [1.82, 2.24) is 0 Å². The first-order valence-electron chi connectivity index (χ1n) is 10.3. The molecule has 46 heavy (non-hydrogen) atoms. The van der Waals surface area contributed by atoms with Gasteiger partial charge in [0.05, 0.1) is 7.45 Å². The van der Waals surface area contributed by atoms with E-state index in [0.717, 1.165) is 7.96 Å². The van der Waals surface area contributed by atoms with E-state index in [1.165, 1.54) is 0 Å². The van der Waals surface area contributed by atoms with Crippen molar-refractivity contribution in [1.29, 1.82) is 0 Å². The third kappa shape index (κ3) is 22.8. The van der Waals surface area contributed by atoms with Crippen molar-refractivity contribution in [2.45, 2.75) is 0 Å². The normalized spacial score (nSPS) is 16.8. The summed E-state index contributed by atoms with van der Waals surface area (Å²) >= 11 is 6.32. The van der Waals surface area contributed by atoms with E-state index >= 15 is 0 Å². The van der Waals surface area contributed by atoms with E-state index < -0.39 is 7.45 Å². The van der Waals surface area contributed by atoms with Gasteiger partial charge in [-0.1, -0.05) is 7.96 Å². The fourth-order valence-electron chi connectivity index (χ4n) is 2.60. The molecule has 27 atom stereocenters. The van der Waals surface area contributed by atoms with E-state index in [0.29, 0.717) is 0 Å². The summed E-state index contributed by atoms with van der Waals surface area (Å²) in [6.07, 6.45) is 0. The van der Waals surface area contributed by atoms with Crippen LogP contribution in [0.25, 0.3) is 0 Å². The van der Waals surface area contributed by atoms with Gasteiger partial charge in [-0.05, 0) is 119 Å². The van der Waals surface area contributed by atoms with Crippen molar-refractivity contribution in [3.63, 3.8) is 0 Å². The molecule has 276 valence electrons. The molecule has 0 aromatic heterocycles. The maximum absolute atomic E-state index is 6.32. The van der Waals surface area contributed by atoms with E-state index in [2.05, 4.69) is 196 Å². The highest BCUT2D eigenvalue weighted by atomic mass is 33.5. The average Bonchev–Trinajstić information content (AvgIpc) is 2.87. The zero-order chi connectivity index (χ0) is 36.5. The Hall–Kier alpha value is 18.9. The number of hydrogen-bond donors (Lipinski definition) is 0. The van der Waals surface area contributed by atoms with Gasteiger partial charge >= 0.3 is 0 Å². The van der Waals surface area contributed by atoms with Gasteiger partial charge in [0, 0.05) is 33.4 Å². The van der Waals surface area contributed by atoms with Crippen LogP contribution in [0.2, 0.25) is 0 Å². The predicted molar refractivity (Wildman–Crippen MR) is 377 cm³/mol. The monoisotopic (exact) mass is 1450 g/mol. The summed E-state index contributed by atoms with van der Waals surface area (Å²) in [5.74, 6) is 0. The van der Waals surface area contributed by atoms with E-state index in [1.807, 2.05) is 0 Å². The lowest BCUT2D eigenvalue weighted by Gasteiger charge is -2.54. The van der Waals surface area contributed by atoms with Gasteiger partial charge in [-0.25, -0.2) is 0 Å². The van der Waals surface area contributed by atoms with Gasteiger partial charge in [0.2, 0.25) is 0 Å². The molecule has 46 heteroatoms. The third-order valence-corrected chi connectivity index (χ3v) is 304. The van der Waals surface area contributed by atoms with Crippen LogP contribution in [0.3, 0.4) is 0 Å². The Morgan fingerprint density at radius 2 is 0.500 bits per heavy atom. The molecule has 0 aromatic carbocycles. The van der Waals surface area contributed by atoms with Crippen molar-refractivity contribution >= 4 is 364 Å². The molecule has 1 nitrogen and oxygen atoms in total. The molecule has 0 radical (unpaired) electrons. The maximum Gasteiger partial charge on any atom is 0.0992 e. The Labute approximate surface area is 363 Å². The molecule has 27 unspecified atom stereocenters. The quantitative estimate of drug-likeness (QED) is 0.0984. The van der Waals surface area contributed by atoms with Gasteiger partial charge < -0.3 is 0 Å². The minimum Gasteiger partial charge on any atom is -0.185 e. The van der Waals surface area contributed by atoms with Crippen LogP contribution in [0.5, 0.6) is 0 Å². The van der Waals surface area contributed by atoms with Gasteiger partial charge in [-0.15, -0.1) is 196 Å². The van der Waals surface area contributed by atoms with Crippen LogP contribution in [0.4, 0.5) is 0 Å². The second kappa shape index (κ2) is 35.9. The molecule has 0 saturated heterocycles. The summed E-state index contributed by atoms with van der Waals surface area (Å²) in [7, 11) is 74.4. The smallest absolute Gasteiger partial charge is 0.0992 e.